The topological polar surface area (TPSA) is 48.0 Å². The normalized spacial score (nSPS) is 11.6. The lowest BCUT2D eigenvalue weighted by Crippen LogP contribution is -2.19. The van der Waals surface area contributed by atoms with Crippen molar-refractivity contribution in [3.63, 3.8) is 0 Å². The highest BCUT2D eigenvalue weighted by Crippen LogP contribution is 2.36. The summed E-state index contributed by atoms with van der Waals surface area (Å²) < 4.78 is 40.0. The van der Waals surface area contributed by atoms with E-state index in [2.05, 4.69) is 0 Å². The van der Waals surface area contributed by atoms with Crippen LogP contribution >= 0.6 is 0 Å². The highest BCUT2D eigenvalue weighted by Gasteiger charge is 2.33. The molecule has 0 spiro atoms. The van der Waals surface area contributed by atoms with Crippen LogP contribution in [0.25, 0.3) is 11.3 Å². The second-order valence-electron chi connectivity index (χ2n) is 4.11. The molecule has 0 saturated heterocycles. The van der Waals surface area contributed by atoms with Crippen molar-refractivity contribution >= 4 is 5.69 Å². The average molecular weight is 268 g/mol. The fraction of sp³-hybridized carbons (Fsp3) is 0.154. The lowest BCUT2D eigenvalue weighted by atomic mass is 10.0. The zero-order valence-electron chi connectivity index (χ0n) is 10.0. The largest absolute Gasteiger partial charge is 0.417 e. The summed E-state index contributed by atoms with van der Waals surface area (Å²) in [7, 11) is 1.41. The molecule has 0 aliphatic heterocycles. The van der Waals surface area contributed by atoms with Crippen LogP contribution in [0, 0.1) is 0 Å². The standard InChI is InChI=1S/C13H11F3N2O/c1-18-11(6-8(17)7-12(18)19)9-4-2-3-5-10(9)13(14,15)16/h2-7H,17H2,1H3. The number of nitrogens with zero attached hydrogens (tertiary/aromatic N) is 1. The van der Waals surface area contributed by atoms with Crippen molar-refractivity contribution in [3.05, 3.63) is 52.3 Å². The number of aromatic nitrogens is 1. The van der Waals surface area contributed by atoms with Crippen molar-refractivity contribution < 1.29 is 13.2 Å². The quantitative estimate of drug-likeness (QED) is 0.864. The summed E-state index contributed by atoms with van der Waals surface area (Å²) in [5.74, 6) is 0. The molecule has 19 heavy (non-hydrogen) atoms. The minimum absolute atomic E-state index is 0.0677. The van der Waals surface area contributed by atoms with Gasteiger partial charge in [-0.3, -0.25) is 4.79 Å². The third kappa shape index (κ3) is 2.47. The summed E-state index contributed by atoms with van der Waals surface area (Å²) in [6.07, 6.45) is -4.49. The summed E-state index contributed by atoms with van der Waals surface area (Å²) in [6, 6.07) is 7.60. The van der Waals surface area contributed by atoms with E-state index in [9.17, 15) is 18.0 Å². The van der Waals surface area contributed by atoms with Gasteiger partial charge in [0.25, 0.3) is 5.56 Å². The molecule has 0 aliphatic carbocycles. The van der Waals surface area contributed by atoms with Gasteiger partial charge in [-0.15, -0.1) is 0 Å². The fourth-order valence-corrected chi connectivity index (χ4v) is 1.87. The summed E-state index contributed by atoms with van der Waals surface area (Å²) in [5.41, 5.74) is 4.49. The van der Waals surface area contributed by atoms with E-state index in [1.165, 1.54) is 37.4 Å². The average Bonchev–Trinajstić information content (AvgIpc) is 2.33. The van der Waals surface area contributed by atoms with Crippen LogP contribution in [-0.4, -0.2) is 4.57 Å². The number of hydrogen-bond donors (Lipinski definition) is 1. The Morgan fingerprint density at radius 3 is 2.42 bits per heavy atom. The maximum absolute atomic E-state index is 12.9. The van der Waals surface area contributed by atoms with Gasteiger partial charge in [-0.25, -0.2) is 0 Å². The number of hydrogen-bond acceptors (Lipinski definition) is 2. The van der Waals surface area contributed by atoms with Crippen molar-refractivity contribution in [2.75, 3.05) is 5.73 Å². The molecule has 100 valence electrons. The molecule has 0 aliphatic rings. The van der Waals surface area contributed by atoms with Gasteiger partial charge in [0.1, 0.15) is 0 Å². The van der Waals surface area contributed by atoms with Crippen LogP contribution < -0.4 is 11.3 Å². The Morgan fingerprint density at radius 2 is 1.79 bits per heavy atom. The predicted molar refractivity (Wildman–Crippen MR) is 66.5 cm³/mol. The molecule has 3 nitrogen and oxygen atoms in total. The van der Waals surface area contributed by atoms with Crippen LogP contribution in [0.5, 0.6) is 0 Å². The smallest absolute Gasteiger partial charge is 0.399 e. The van der Waals surface area contributed by atoms with E-state index in [1.54, 1.807) is 0 Å². The highest BCUT2D eigenvalue weighted by atomic mass is 19.4. The molecule has 0 atom stereocenters. The van der Waals surface area contributed by atoms with Crippen molar-refractivity contribution in [1.29, 1.82) is 0 Å². The van der Waals surface area contributed by atoms with Crippen LogP contribution in [0.2, 0.25) is 0 Å². The fourth-order valence-electron chi connectivity index (χ4n) is 1.87. The van der Waals surface area contributed by atoms with Crippen LogP contribution in [0.3, 0.4) is 0 Å². The second-order valence-corrected chi connectivity index (χ2v) is 4.11. The highest BCUT2D eigenvalue weighted by molar-refractivity contribution is 5.67. The van der Waals surface area contributed by atoms with Gasteiger partial charge in [-0.05, 0) is 12.1 Å². The predicted octanol–water partition coefficient (Wildman–Crippen LogP) is 2.65. The molecule has 0 unspecified atom stereocenters. The van der Waals surface area contributed by atoms with Crippen LogP contribution in [0.4, 0.5) is 18.9 Å². The van der Waals surface area contributed by atoms with Gasteiger partial charge in [0, 0.05) is 24.4 Å². The number of alkyl halides is 3. The molecule has 2 aromatic rings. The van der Waals surface area contributed by atoms with Gasteiger partial charge in [0.15, 0.2) is 0 Å². The van der Waals surface area contributed by atoms with Crippen LogP contribution in [0.1, 0.15) is 5.56 Å². The molecule has 6 heteroatoms. The number of nitrogens with two attached hydrogens (primary N) is 1. The maximum atomic E-state index is 12.9. The minimum Gasteiger partial charge on any atom is -0.399 e. The molecule has 0 saturated carbocycles. The first kappa shape index (κ1) is 13.2. The summed E-state index contributed by atoms with van der Waals surface area (Å²) in [6.45, 7) is 0. The van der Waals surface area contributed by atoms with Gasteiger partial charge in [-0.2, -0.15) is 13.2 Å². The number of rotatable bonds is 1. The number of pyridine rings is 1. The van der Waals surface area contributed by atoms with E-state index >= 15 is 0 Å². The molecular formula is C13H11F3N2O. The monoisotopic (exact) mass is 268 g/mol. The summed E-state index contributed by atoms with van der Waals surface area (Å²) in [4.78, 5) is 11.6. The Balaban J connectivity index is 2.77. The van der Waals surface area contributed by atoms with E-state index in [1.807, 2.05) is 0 Å². The van der Waals surface area contributed by atoms with Gasteiger partial charge in [0.2, 0.25) is 0 Å². The Hall–Kier alpha value is -2.24. The van der Waals surface area contributed by atoms with Crippen LogP contribution in [-0.2, 0) is 13.2 Å². The number of nitrogen functional groups attached to an aromatic ring is 1. The van der Waals surface area contributed by atoms with Gasteiger partial charge >= 0.3 is 6.18 Å². The van der Waals surface area contributed by atoms with Crippen molar-refractivity contribution in [2.24, 2.45) is 7.05 Å². The summed E-state index contributed by atoms with van der Waals surface area (Å²) in [5, 5.41) is 0. The Morgan fingerprint density at radius 1 is 1.16 bits per heavy atom. The molecule has 0 radical (unpaired) electrons. The van der Waals surface area contributed by atoms with Crippen molar-refractivity contribution in [2.45, 2.75) is 6.18 Å². The van der Waals surface area contributed by atoms with E-state index in [0.29, 0.717) is 0 Å². The van der Waals surface area contributed by atoms with Crippen molar-refractivity contribution in [3.8, 4) is 11.3 Å². The lowest BCUT2D eigenvalue weighted by molar-refractivity contribution is -0.137. The first-order valence-electron chi connectivity index (χ1n) is 5.44. The zero-order chi connectivity index (χ0) is 14.2. The SMILES string of the molecule is Cn1c(-c2ccccc2C(F)(F)F)cc(N)cc1=O. The van der Waals surface area contributed by atoms with Crippen molar-refractivity contribution in [1.82, 2.24) is 4.57 Å². The molecule has 0 bridgehead atoms. The van der Waals surface area contributed by atoms with Crippen LogP contribution in [0.15, 0.2) is 41.2 Å². The Labute approximate surface area is 107 Å². The zero-order valence-corrected chi connectivity index (χ0v) is 10.0. The van der Waals surface area contributed by atoms with E-state index in [4.69, 9.17) is 5.73 Å². The number of benzene rings is 1. The molecule has 2 rings (SSSR count). The van der Waals surface area contributed by atoms with E-state index in [0.717, 1.165) is 10.6 Å². The number of anilines is 1. The second kappa shape index (κ2) is 4.46. The Kier molecular flexibility index (Phi) is 3.09. The molecular weight excluding hydrogens is 257 g/mol. The molecule has 1 aromatic heterocycles. The van der Waals surface area contributed by atoms with Gasteiger partial charge in [-0.1, -0.05) is 18.2 Å². The first-order chi connectivity index (χ1) is 8.80. The third-order valence-corrected chi connectivity index (χ3v) is 2.79. The molecule has 0 amide bonds. The van der Waals surface area contributed by atoms with Gasteiger partial charge < -0.3 is 10.3 Å². The molecule has 1 heterocycles. The lowest BCUT2D eigenvalue weighted by Gasteiger charge is -2.15. The third-order valence-electron chi connectivity index (χ3n) is 2.79. The van der Waals surface area contributed by atoms with Gasteiger partial charge in [0.05, 0.1) is 11.3 Å². The maximum Gasteiger partial charge on any atom is 0.417 e. The number of halogens is 3. The molecule has 2 N–H and O–H groups in total. The van der Waals surface area contributed by atoms with E-state index in [-0.39, 0.29) is 16.9 Å². The summed E-state index contributed by atoms with van der Waals surface area (Å²) >= 11 is 0. The molecule has 0 fully saturated rings. The first-order valence-corrected chi connectivity index (χ1v) is 5.44. The Bertz CT molecular complexity index is 674. The minimum atomic E-state index is -4.49. The molecule has 1 aromatic carbocycles. The van der Waals surface area contributed by atoms with E-state index < -0.39 is 17.3 Å².